The summed E-state index contributed by atoms with van der Waals surface area (Å²) in [5, 5.41) is 2.99. The lowest BCUT2D eigenvalue weighted by Crippen LogP contribution is -2.41. The Morgan fingerprint density at radius 3 is 2.54 bits per heavy atom. The Bertz CT molecular complexity index is 756. The van der Waals surface area contributed by atoms with Crippen molar-refractivity contribution < 1.29 is 14.3 Å². The third-order valence-corrected chi connectivity index (χ3v) is 4.73. The van der Waals surface area contributed by atoms with Crippen molar-refractivity contribution in [3.63, 3.8) is 0 Å². The molecule has 2 aromatic rings. The van der Waals surface area contributed by atoms with Gasteiger partial charge in [0, 0.05) is 37.6 Å². The molecule has 3 rings (SSSR count). The van der Waals surface area contributed by atoms with Gasteiger partial charge in [-0.3, -0.25) is 14.6 Å². The van der Waals surface area contributed by atoms with E-state index in [1.54, 1.807) is 43.8 Å². The molecule has 0 bridgehead atoms. The lowest BCUT2D eigenvalue weighted by molar-refractivity contribution is 0.0684. The molecule has 1 fully saturated rings. The van der Waals surface area contributed by atoms with Crippen LogP contribution in [0.5, 0.6) is 5.75 Å². The monoisotopic (exact) mass is 353 g/mol. The molecule has 0 aliphatic carbocycles. The van der Waals surface area contributed by atoms with Gasteiger partial charge in [-0.05, 0) is 43.0 Å². The van der Waals surface area contributed by atoms with Gasteiger partial charge in [0.25, 0.3) is 11.8 Å². The van der Waals surface area contributed by atoms with Gasteiger partial charge in [-0.25, -0.2) is 0 Å². The third kappa shape index (κ3) is 4.20. The molecule has 1 aromatic heterocycles. The van der Waals surface area contributed by atoms with Gasteiger partial charge in [0.05, 0.1) is 12.7 Å². The highest BCUT2D eigenvalue weighted by atomic mass is 16.5. The number of hydrogen-bond acceptors (Lipinski definition) is 4. The zero-order valence-corrected chi connectivity index (χ0v) is 14.9. The molecule has 1 aromatic carbocycles. The predicted octanol–water partition coefficient (Wildman–Crippen LogP) is 2.37. The molecule has 0 unspecified atom stereocenters. The Balaban J connectivity index is 1.48. The first kappa shape index (κ1) is 17.9. The first-order valence-electron chi connectivity index (χ1n) is 8.79. The number of amides is 2. The lowest BCUT2D eigenvalue weighted by atomic mass is 9.96. The molecule has 1 N–H and O–H groups in total. The van der Waals surface area contributed by atoms with Crippen molar-refractivity contribution in [2.75, 3.05) is 26.7 Å². The number of pyridine rings is 1. The number of likely N-dealkylation sites (tertiary alicyclic amines) is 1. The number of nitrogens with one attached hydrogen (secondary N) is 1. The first-order valence-corrected chi connectivity index (χ1v) is 8.79. The Morgan fingerprint density at radius 1 is 1.15 bits per heavy atom. The van der Waals surface area contributed by atoms with E-state index in [1.165, 1.54) is 0 Å². The predicted molar refractivity (Wildman–Crippen MR) is 98.2 cm³/mol. The molecule has 2 amide bonds. The number of piperidine rings is 1. The van der Waals surface area contributed by atoms with Crippen LogP contribution in [0.4, 0.5) is 0 Å². The molecule has 0 radical (unpaired) electrons. The Morgan fingerprint density at radius 2 is 1.85 bits per heavy atom. The second-order valence-corrected chi connectivity index (χ2v) is 6.38. The molecule has 0 atom stereocenters. The molecule has 26 heavy (non-hydrogen) atoms. The number of aromatic nitrogens is 1. The van der Waals surface area contributed by atoms with Crippen LogP contribution in [0, 0.1) is 5.92 Å². The second-order valence-electron chi connectivity index (χ2n) is 6.38. The van der Waals surface area contributed by atoms with Crippen LogP contribution in [0.1, 0.15) is 33.6 Å². The summed E-state index contributed by atoms with van der Waals surface area (Å²) in [6.07, 6.45) is 5.02. The zero-order chi connectivity index (χ0) is 18.4. The van der Waals surface area contributed by atoms with Crippen LogP contribution in [0.15, 0.2) is 48.8 Å². The summed E-state index contributed by atoms with van der Waals surface area (Å²) in [4.78, 5) is 30.6. The average Bonchev–Trinajstić information content (AvgIpc) is 2.72. The number of rotatable bonds is 5. The van der Waals surface area contributed by atoms with E-state index in [0.29, 0.717) is 42.4 Å². The number of carbonyl (C=O) groups is 2. The second kappa shape index (κ2) is 8.47. The average molecular weight is 353 g/mol. The minimum absolute atomic E-state index is 0.0453. The van der Waals surface area contributed by atoms with Crippen molar-refractivity contribution in [3.8, 4) is 5.75 Å². The van der Waals surface area contributed by atoms with Crippen molar-refractivity contribution in [2.45, 2.75) is 12.8 Å². The fourth-order valence-electron chi connectivity index (χ4n) is 3.18. The summed E-state index contributed by atoms with van der Waals surface area (Å²) in [7, 11) is 1.56. The smallest absolute Gasteiger partial charge is 0.255 e. The van der Waals surface area contributed by atoms with Crippen LogP contribution < -0.4 is 10.1 Å². The van der Waals surface area contributed by atoms with E-state index in [9.17, 15) is 9.59 Å². The number of para-hydroxylation sites is 1. The molecule has 1 aliphatic heterocycles. The number of benzene rings is 1. The molecule has 2 heterocycles. The fraction of sp³-hybridized carbons (Fsp3) is 0.350. The van der Waals surface area contributed by atoms with Gasteiger partial charge in [-0.15, -0.1) is 0 Å². The van der Waals surface area contributed by atoms with E-state index in [4.69, 9.17) is 4.74 Å². The molecular weight excluding hydrogens is 330 g/mol. The van der Waals surface area contributed by atoms with E-state index in [0.717, 1.165) is 12.8 Å². The number of methoxy groups -OCH3 is 1. The number of ether oxygens (including phenoxy) is 1. The molecule has 1 aliphatic rings. The van der Waals surface area contributed by atoms with Crippen molar-refractivity contribution in [1.82, 2.24) is 15.2 Å². The van der Waals surface area contributed by atoms with Crippen molar-refractivity contribution in [3.05, 3.63) is 59.9 Å². The highest BCUT2D eigenvalue weighted by Gasteiger charge is 2.24. The molecule has 6 heteroatoms. The standard InChI is InChI=1S/C20H23N3O3/c1-26-18-5-3-2-4-17(18)19(24)22-14-15-8-12-23(13-9-15)20(25)16-6-10-21-11-7-16/h2-7,10-11,15H,8-9,12-14H2,1H3,(H,22,24). The summed E-state index contributed by atoms with van der Waals surface area (Å²) >= 11 is 0. The molecule has 0 spiro atoms. The van der Waals surface area contributed by atoms with Crippen LogP contribution in [-0.2, 0) is 0 Å². The zero-order valence-electron chi connectivity index (χ0n) is 14.9. The minimum Gasteiger partial charge on any atom is -0.496 e. The number of carbonyl (C=O) groups excluding carboxylic acids is 2. The third-order valence-electron chi connectivity index (χ3n) is 4.73. The molecule has 6 nitrogen and oxygen atoms in total. The van der Waals surface area contributed by atoms with Crippen LogP contribution in [0.2, 0.25) is 0 Å². The Hall–Kier alpha value is -2.89. The summed E-state index contributed by atoms with van der Waals surface area (Å²) < 4.78 is 5.23. The maximum atomic E-state index is 12.4. The quantitative estimate of drug-likeness (QED) is 0.896. The topological polar surface area (TPSA) is 71.5 Å². The van der Waals surface area contributed by atoms with E-state index >= 15 is 0 Å². The maximum Gasteiger partial charge on any atom is 0.255 e. The van der Waals surface area contributed by atoms with Crippen LogP contribution in [-0.4, -0.2) is 48.4 Å². The first-order chi connectivity index (χ1) is 12.7. The molecule has 136 valence electrons. The van der Waals surface area contributed by atoms with Crippen LogP contribution >= 0.6 is 0 Å². The van der Waals surface area contributed by atoms with Gasteiger partial charge in [0.2, 0.25) is 0 Å². The highest BCUT2D eigenvalue weighted by molar-refractivity contribution is 5.97. The maximum absolute atomic E-state index is 12.4. The molecular formula is C20H23N3O3. The van der Waals surface area contributed by atoms with Crippen molar-refractivity contribution in [2.24, 2.45) is 5.92 Å². The van der Waals surface area contributed by atoms with Crippen LogP contribution in [0.3, 0.4) is 0 Å². The van der Waals surface area contributed by atoms with Crippen LogP contribution in [0.25, 0.3) is 0 Å². The van der Waals surface area contributed by atoms with E-state index in [-0.39, 0.29) is 11.8 Å². The van der Waals surface area contributed by atoms with E-state index in [2.05, 4.69) is 10.3 Å². The van der Waals surface area contributed by atoms with Gasteiger partial charge >= 0.3 is 0 Å². The van der Waals surface area contributed by atoms with Gasteiger partial charge in [-0.1, -0.05) is 12.1 Å². The minimum atomic E-state index is -0.127. The summed E-state index contributed by atoms with van der Waals surface area (Å²) in [6.45, 7) is 2.01. The lowest BCUT2D eigenvalue weighted by Gasteiger charge is -2.32. The fourth-order valence-corrected chi connectivity index (χ4v) is 3.18. The summed E-state index contributed by atoms with van der Waals surface area (Å²) in [5.74, 6) is 0.861. The highest BCUT2D eigenvalue weighted by Crippen LogP contribution is 2.20. The summed E-state index contributed by atoms with van der Waals surface area (Å²) in [5.41, 5.74) is 1.21. The van der Waals surface area contributed by atoms with Gasteiger partial charge in [-0.2, -0.15) is 0 Å². The van der Waals surface area contributed by atoms with Crippen molar-refractivity contribution in [1.29, 1.82) is 0 Å². The van der Waals surface area contributed by atoms with Gasteiger partial charge < -0.3 is 15.0 Å². The van der Waals surface area contributed by atoms with Gasteiger partial charge in [0.1, 0.15) is 5.75 Å². The molecule has 0 saturated carbocycles. The Kier molecular flexibility index (Phi) is 5.84. The van der Waals surface area contributed by atoms with Gasteiger partial charge in [0.15, 0.2) is 0 Å². The Labute approximate surface area is 153 Å². The SMILES string of the molecule is COc1ccccc1C(=O)NCC1CCN(C(=O)c2ccncc2)CC1. The number of nitrogens with zero attached hydrogens (tertiary/aromatic N) is 2. The normalized spacial score (nSPS) is 14.7. The molecule has 1 saturated heterocycles. The van der Waals surface area contributed by atoms with Crippen molar-refractivity contribution >= 4 is 11.8 Å². The summed E-state index contributed by atoms with van der Waals surface area (Å²) in [6, 6.07) is 10.7. The van der Waals surface area contributed by atoms with E-state index in [1.807, 2.05) is 17.0 Å². The largest absolute Gasteiger partial charge is 0.496 e. The van der Waals surface area contributed by atoms with E-state index < -0.39 is 0 Å². The number of hydrogen-bond donors (Lipinski definition) is 1.